The fourth-order valence-electron chi connectivity index (χ4n) is 1.82. The number of rotatable bonds is 7. The Morgan fingerprint density at radius 2 is 1.78 bits per heavy atom. The van der Waals surface area contributed by atoms with E-state index in [-0.39, 0.29) is 5.92 Å². The van der Waals surface area contributed by atoms with Gasteiger partial charge >= 0.3 is 0 Å². The van der Waals surface area contributed by atoms with Crippen molar-refractivity contribution in [1.82, 2.24) is 9.80 Å². The fourth-order valence-corrected chi connectivity index (χ4v) is 2.03. The molecule has 0 bridgehead atoms. The summed E-state index contributed by atoms with van der Waals surface area (Å²) in [4.78, 5) is 5.02. The van der Waals surface area contributed by atoms with E-state index in [1.165, 1.54) is 5.56 Å². The zero-order valence-corrected chi connectivity index (χ0v) is 12.3. The van der Waals surface area contributed by atoms with Gasteiger partial charge in [0.1, 0.15) is 0 Å². The van der Waals surface area contributed by atoms with Crippen LogP contribution in [0, 0.1) is 0 Å². The normalized spacial score (nSPS) is 12.9. The lowest BCUT2D eigenvalue weighted by molar-refractivity contribution is 0.280. The van der Waals surface area contributed by atoms with Gasteiger partial charge in [0.15, 0.2) is 0 Å². The molecule has 3 nitrogen and oxygen atoms in total. The third-order valence-corrected chi connectivity index (χ3v) is 3.25. The smallest absolute Gasteiger partial charge is 0.0816 e. The molecule has 1 aromatic rings. The Kier molecular flexibility index (Phi) is 6.25. The van der Waals surface area contributed by atoms with Crippen molar-refractivity contribution in [3.63, 3.8) is 0 Å². The fraction of sp³-hybridized carbons (Fsp3) is 0.500. The lowest BCUT2D eigenvalue weighted by Crippen LogP contribution is -2.35. The molecule has 0 heterocycles. The van der Waals surface area contributed by atoms with Gasteiger partial charge in [-0.05, 0) is 26.7 Å². The van der Waals surface area contributed by atoms with Gasteiger partial charge in [-0.2, -0.15) is 0 Å². The van der Waals surface area contributed by atoms with Gasteiger partial charge in [-0.15, -0.1) is 0 Å². The molecule has 1 atom stereocenters. The largest absolute Gasteiger partial charge is 0.393 e. The first-order chi connectivity index (χ1) is 8.50. The van der Waals surface area contributed by atoms with E-state index in [9.17, 15) is 0 Å². The van der Waals surface area contributed by atoms with Gasteiger partial charge in [0, 0.05) is 25.6 Å². The van der Waals surface area contributed by atoms with Crippen LogP contribution in [-0.4, -0.2) is 55.6 Å². The summed E-state index contributed by atoms with van der Waals surface area (Å²) in [6, 6.07) is 10.2. The molecule has 0 aliphatic carbocycles. The van der Waals surface area contributed by atoms with Crippen LogP contribution in [0.1, 0.15) is 11.5 Å². The molecular weight excluding hydrogens is 242 g/mol. The number of hydrogen-bond acceptors (Lipinski definition) is 3. The van der Waals surface area contributed by atoms with Crippen LogP contribution >= 0.6 is 12.2 Å². The summed E-state index contributed by atoms with van der Waals surface area (Å²) < 4.78 is 0. The molecule has 0 amide bonds. The van der Waals surface area contributed by atoms with Crippen LogP contribution in [-0.2, 0) is 0 Å². The van der Waals surface area contributed by atoms with Crippen molar-refractivity contribution in [2.24, 2.45) is 5.73 Å². The Bertz CT molecular complexity index is 365. The lowest BCUT2D eigenvalue weighted by atomic mass is 9.98. The highest BCUT2D eigenvalue weighted by atomic mass is 32.1. The minimum atomic E-state index is 0.133. The molecule has 0 fully saturated rings. The van der Waals surface area contributed by atoms with Crippen LogP contribution in [0.3, 0.4) is 0 Å². The monoisotopic (exact) mass is 265 g/mol. The molecule has 0 saturated carbocycles. The van der Waals surface area contributed by atoms with Gasteiger partial charge in [-0.25, -0.2) is 0 Å². The summed E-state index contributed by atoms with van der Waals surface area (Å²) in [5, 5.41) is 0. The molecule has 0 aromatic heterocycles. The first kappa shape index (κ1) is 15.1. The molecule has 1 aromatic carbocycles. The highest BCUT2D eigenvalue weighted by Crippen LogP contribution is 2.16. The molecular formula is C14H23N3S. The molecule has 4 heteroatoms. The highest BCUT2D eigenvalue weighted by Gasteiger charge is 2.16. The van der Waals surface area contributed by atoms with Crippen LogP contribution < -0.4 is 5.73 Å². The van der Waals surface area contributed by atoms with Crippen molar-refractivity contribution in [1.29, 1.82) is 0 Å². The minimum Gasteiger partial charge on any atom is -0.393 e. The summed E-state index contributed by atoms with van der Waals surface area (Å²) in [5.41, 5.74) is 7.06. The maximum atomic E-state index is 5.87. The Morgan fingerprint density at radius 3 is 2.28 bits per heavy atom. The second-order valence-electron chi connectivity index (χ2n) is 4.93. The van der Waals surface area contributed by atoms with E-state index in [2.05, 4.69) is 43.1 Å². The molecule has 0 aliphatic heterocycles. The van der Waals surface area contributed by atoms with Crippen LogP contribution in [0.2, 0.25) is 0 Å². The Morgan fingerprint density at radius 1 is 1.17 bits per heavy atom. The summed E-state index contributed by atoms with van der Waals surface area (Å²) in [6.07, 6.45) is 0. The molecule has 1 rings (SSSR count). The number of nitrogens with zero attached hydrogens (tertiary/aromatic N) is 2. The van der Waals surface area contributed by atoms with Crippen LogP contribution in [0.4, 0.5) is 0 Å². The van der Waals surface area contributed by atoms with E-state index >= 15 is 0 Å². The third-order valence-electron chi connectivity index (χ3n) is 2.97. The van der Waals surface area contributed by atoms with Crippen molar-refractivity contribution in [3.8, 4) is 0 Å². The Hall–Kier alpha value is -0.970. The van der Waals surface area contributed by atoms with E-state index in [1.54, 1.807) is 0 Å². The first-order valence-corrected chi connectivity index (χ1v) is 6.59. The van der Waals surface area contributed by atoms with E-state index in [0.717, 1.165) is 19.6 Å². The van der Waals surface area contributed by atoms with Crippen molar-refractivity contribution in [2.45, 2.75) is 5.92 Å². The quantitative estimate of drug-likeness (QED) is 0.758. The second kappa shape index (κ2) is 7.46. The predicted molar refractivity (Wildman–Crippen MR) is 82.0 cm³/mol. The van der Waals surface area contributed by atoms with Gasteiger partial charge in [0.2, 0.25) is 0 Å². The minimum absolute atomic E-state index is 0.133. The second-order valence-corrected chi connectivity index (χ2v) is 5.40. The van der Waals surface area contributed by atoms with Crippen molar-refractivity contribution in [2.75, 3.05) is 40.8 Å². The Labute approximate surface area is 116 Å². The molecule has 1 unspecified atom stereocenters. The van der Waals surface area contributed by atoms with Crippen LogP contribution in [0.5, 0.6) is 0 Å². The van der Waals surface area contributed by atoms with Crippen molar-refractivity contribution in [3.05, 3.63) is 35.9 Å². The number of hydrogen-bond donors (Lipinski definition) is 1. The average Bonchev–Trinajstić information content (AvgIpc) is 2.34. The molecule has 18 heavy (non-hydrogen) atoms. The topological polar surface area (TPSA) is 32.5 Å². The van der Waals surface area contributed by atoms with Gasteiger partial charge in [0.25, 0.3) is 0 Å². The van der Waals surface area contributed by atoms with Gasteiger partial charge < -0.3 is 15.5 Å². The van der Waals surface area contributed by atoms with Gasteiger partial charge in [0.05, 0.1) is 4.99 Å². The number of likely N-dealkylation sites (N-methyl/N-ethyl adjacent to an activating group) is 2. The average molecular weight is 265 g/mol. The van der Waals surface area contributed by atoms with E-state index < -0.39 is 0 Å². The molecule has 100 valence electrons. The van der Waals surface area contributed by atoms with Crippen LogP contribution in [0.15, 0.2) is 30.3 Å². The maximum Gasteiger partial charge on any atom is 0.0816 e. The zero-order chi connectivity index (χ0) is 13.5. The first-order valence-electron chi connectivity index (χ1n) is 6.18. The van der Waals surface area contributed by atoms with Crippen molar-refractivity contribution >= 4 is 17.2 Å². The number of benzene rings is 1. The van der Waals surface area contributed by atoms with Gasteiger partial charge in [-0.1, -0.05) is 42.5 Å². The van der Waals surface area contributed by atoms with E-state index in [0.29, 0.717) is 4.99 Å². The predicted octanol–water partition coefficient (Wildman–Crippen LogP) is 1.55. The summed E-state index contributed by atoms with van der Waals surface area (Å²) in [6.45, 7) is 2.92. The standard InChI is InChI=1S/C14H23N3S/c1-16(2)9-10-17(3)11-13(14(15)18)12-7-5-4-6-8-12/h4-8,13H,9-11H2,1-3H3,(H2,15,18). The molecule has 2 N–H and O–H groups in total. The van der Waals surface area contributed by atoms with E-state index in [1.807, 2.05) is 18.2 Å². The zero-order valence-electron chi connectivity index (χ0n) is 11.5. The molecule has 0 saturated heterocycles. The molecule has 0 aliphatic rings. The SMILES string of the molecule is CN(C)CCN(C)CC(C(N)=S)c1ccccc1. The summed E-state index contributed by atoms with van der Waals surface area (Å²) in [7, 11) is 6.27. The summed E-state index contributed by atoms with van der Waals surface area (Å²) in [5.74, 6) is 0.133. The maximum absolute atomic E-state index is 5.87. The third kappa shape index (κ3) is 5.12. The number of nitrogens with two attached hydrogens (primary N) is 1. The highest BCUT2D eigenvalue weighted by molar-refractivity contribution is 7.80. The van der Waals surface area contributed by atoms with Crippen LogP contribution in [0.25, 0.3) is 0 Å². The lowest BCUT2D eigenvalue weighted by Gasteiger charge is -2.24. The Balaban J connectivity index is 2.62. The number of thiocarbonyl (C=S) groups is 1. The molecule has 0 spiro atoms. The van der Waals surface area contributed by atoms with E-state index in [4.69, 9.17) is 18.0 Å². The van der Waals surface area contributed by atoms with Crippen molar-refractivity contribution < 1.29 is 0 Å². The van der Waals surface area contributed by atoms with Gasteiger partial charge in [-0.3, -0.25) is 0 Å². The molecule has 0 radical (unpaired) electrons. The summed E-state index contributed by atoms with van der Waals surface area (Å²) >= 11 is 5.19.